The van der Waals surface area contributed by atoms with Crippen molar-refractivity contribution in [2.24, 2.45) is 11.8 Å². The number of carboxylic acids is 1. The first-order valence-corrected chi connectivity index (χ1v) is 7.85. The maximum absolute atomic E-state index is 12.0. The van der Waals surface area contributed by atoms with Crippen molar-refractivity contribution in [2.45, 2.75) is 43.8 Å². The van der Waals surface area contributed by atoms with Crippen molar-refractivity contribution >= 4 is 23.6 Å². The summed E-state index contributed by atoms with van der Waals surface area (Å²) < 4.78 is 0. The third kappa shape index (κ3) is 3.40. The Morgan fingerprint density at radius 2 is 1.89 bits per heavy atom. The molecule has 102 valence electrons. The summed E-state index contributed by atoms with van der Waals surface area (Å²) in [5.74, 6) is -0.465. The summed E-state index contributed by atoms with van der Waals surface area (Å²) in [7, 11) is 0. The molecular formula is C13H21NO3S. The highest BCUT2D eigenvalue weighted by Gasteiger charge is 2.37. The lowest BCUT2D eigenvalue weighted by Crippen LogP contribution is -2.38. The number of hydrogen-bond acceptors (Lipinski definition) is 3. The van der Waals surface area contributed by atoms with Gasteiger partial charge in [-0.25, -0.2) is 0 Å². The van der Waals surface area contributed by atoms with Crippen LogP contribution >= 0.6 is 11.8 Å². The van der Waals surface area contributed by atoms with E-state index in [9.17, 15) is 9.59 Å². The molecule has 18 heavy (non-hydrogen) atoms. The second-order valence-electron chi connectivity index (χ2n) is 5.22. The van der Waals surface area contributed by atoms with Crippen LogP contribution in [0.2, 0.25) is 0 Å². The molecule has 1 saturated heterocycles. The molecule has 1 heterocycles. The highest BCUT2D eigenvalue weighted by Crippen LogP contribution is 2.32. The van der Waals surface area contributed by atoms with Gasteiger partial charge in [-0.1, -0.05) is 12.8 Å². The molecule has 0 aromatic heterocycles. The minimum atomic E-state index is -0.820. The average Bonchev–Trinajstić information content (AvgIpc) is 2.86. The molecule has 1 amide bonds. The summed E-state index contributed by atoms with van der Waals surface area (Å²) >= 11 is 1.92. The molecule has 0 bridgehead atoms. The molecule has 0 spiro atoms. The van der Waals surface area contributed by atoms with Gasteiger partial charge in [-0.2, -0.15) is 11.8 Å². The van der Waals surface area contributed by atoms with Gasteiger partial charge in [0.25, 0.3) is 0 Å². The highest BCUT2D eigenvalue weighted by molar-refractivity contribution is 7.99. The lowest BCUT2D eigenvalue weighted by Gasteiger charge is -2.23. The minimum Gasteiger partial charge on any atom is -0.481 e. The standard InChI is InChI=1S/C13H21NO3S/c15-12(10-5-3-6-11(10)13(16)17)14-8-9-4-1-2-7-18-9/h9-11H,1-8H2,(H,14,15)(H,16,17)/t9?,10-,11+/m1/s1. The molecule has 1 saturated carbocycles. The van der Waals surface area contributed by atoms with Crippen molar-refractivity contribution in [3.05, 3.63) is 0 Å². The van der Waals surface area contributed by atoms with Crippen LogP contribution in [0.1, 0.15) is 38.5 Å². The zero-order valence-corrected chi connectivity index (χ0v) is 11.4. The van der Waals surface area contributed by atoms with E-state index in [1.54, 1.807) is 0 Å². The minimum absolute atomic E-state index is 0.0499. The Morgan fingerprint density at radius 1 is 1.11 bits per heavy atom. The third-order valence-corrected chi connectivity index (χ3v) is 5.35. The van der Waals surface area contributed by atoms with Crippen molar-refractivity contribution in [3.63, 3.8) is 0 Å². The number of amides is 1. The summed E-state index contributed by atoms with van der Waals surface area (Å²) in [5.41, 5.74) is 0. The highest BCUT2D eigenvalue weighted by atomic mass is 32.2. The molecule has 2 N–H and O–H groups in total. The van der Waals surface area contributed by atoms with Gasteiger partial charge in [-0.05, 0) is 31.4 Å². The zero-order chi connectivity index (χ0) is 13.0. The number of carboxylic acid groups (broad SMARTS) is 1. The molecule has 0 aromatic carbocycles. The van der Waals surface area contributed by atoms with E-state index in [-0.39, 0.29) is 11.8 Å². The predicted octanol–water partition coefficient (Wildman–Crippen LogP) is 1.89. The van der Waals surface area contributed by atoms with Crippen LogP contribution in [-0.2, 0) is 9.59 Å². The Morgan fingerprint density at radius 3 is 2.56 bits per heavy atom. The lowest BCUT2D eigenvalue weighted by atomic mass is 9.95. The van der Waals surface area contributed by atoms with Gasteiger partial charge in [0.1, 0.15) is 0 Å². The van der Waals surface area contributed by atoms with E-state index in [2.05, 4.69) is 5.32 Å². The summed E-state index contributed by atoms with van der Waals surface area (Å²) in [6, 6.07) is 0. The first kappa shape index (κ1) is 13.7. The van der Waals surface area contributed by atoms with Crippen molar-refractivity contribution in [1.82, 2.24) is 5.32 Å². The Bertz CT molecular complexity index is 315. The van der Waals surface area contributed by atoms with E-state index in [1.165, 1.54) is 18.6 Å². The van der Waals surface area contributed by atoms with Gasteiger partial charge in [0.05, 0.1) is 11.8 Å². The molecule has 5 heteroatoms. The molecular weight excluding hydrogens is 250 g/mol. The third-order valence-electron chi connectivity index (χ3n) is 3.95. The smallest absolute Gasteiger partial charge is 0.307 e. The molecule has 1 unspecified atom stereocenters. The predicted molar refractivity (Wildman–Crippen MR) is 71.6 cm³/mol. The number of thioether (sulfide) groups is 1. The molecule has 0 aromatic rings. The maximum Gasteiger partial charge on any atom is 0.307 e. The van der Waals surface area contributed by atoms with Gasteiger partial charge < -0.3 is 10.4 Å². The van der Waals surface area contributed by atoms with Crippen molar-refractivity contribution in [1.29, 1.82) is 0 Å². The number of nitrogens with one attached hydrogen (secondary N) is 1. The van der Waals surface area contributed by atoms with E-state index in [1.807, 2.05) is 11.8 Å². The molecule has 0 radical (unpaired) electrons. The molecule has 2 aliphatic rings. The van der Waals surface area contributed by atoms with Gasteiger partial charge in [0.2, 0.25) is 5.91 Å². The summed E-state index contributed by atoms with van der Waals surface area (Å²) in [6.07, 6.45) is 5.91. The number of aliphatic carboxylic acids is 1. The first-order valence-electron chi connectivity index (χ1n) is 6.80. The second-order valence-corrected chi connectivity index (χ2v) is 6.62. The average molecular weight is 271 g/mol. The summed E-state index contributed by atoms with van der Waals surface area (Å²) in [5, 5.41) is 12.5. The number of hydrogen-bond donors (Lipinski definition) is 2. The van der Waals surface area contributed by atoms with Crippen molar-refractivity contribution < 1.29 is 14.7 Å². The number of carbonyl (C=O) groups is 2. The Balaban J connectivity index is 1.78. The number of carbonyl (C=O) groups excluding carboxylic acids is 1. The van der Waals surface area contributed by atoms with Crippen LogP contribution in [0.5, 0.6) is 0 Å². The van der Waals surface area contributed by atoms with Gasteiger partial charge in [-0.3, -0.25) is 9.59 Å². The molecule has 2 rings (SSSR count). The SMILES string of the molecule is O=C(O)[C@H]1CCC[C@H]1C(=O)NCC1CCCCS1. The van der Waals surface area contributed by atoms with Gasteiger partial charge >= 0.3 is 5.97 Å². The molecule has 3 atom stereocenters. The topological polar surface area (TPSA) is 66.4 Å². The normalized spacial score (nSPS) is 32.1. The Labute approximate surface area is 112 Å². The zero-order valence-electron chi connectivity index (χ0n) is 10.6. The largest absolute Gasteiger partial charge is 0.481 e. The van der Waals surface area contributed by atoms with Crippen molar-refractivity contribution in [3.8, 4) is 0 Å². The lowest BCUT2D eigenvalue weighted by molar-refractivity contribution is -0.146. The first-order chi connectivity index (χ1) is 8.68. The van der Waals surface area contributed by atoms with E-state index in [0.29, 0.717) is 18.2 Å². The molecule has 1 aliphatic heterocycles. The maximum atomic E-state index is 12.0. The van der Waals surface area contributed by atoms with Crippen LogP contribution in [0.4, 0.5) is 0 Å². The summed E-state index contributed by atoms with van der Waals surface area (Å²) in [4.78, 5) is 23.1. The number of rotatable bonds is 4. The van der Waals surface area contributed by atoms with E-state index < -0.39 is 11.9 Å². The van der Waals surface area contributed by atoms with Crippen LogP contribution < -0.4 is 5.32 Å². The fraction of sp³-hybridized carbons (Fsp3) is 0.846. The Hall–Kier alpha value is -0.710. The molecule has 2 fully saturated rings. The van der Waals surface area contributed by atoms with Crippen LogP contribution in [-0.4, -0.2) is 34.5 Å². The van der Waals surface area contributed by atoms with Crippen molar-refractivity contribution in [2.75, 3.05) is 12.3 Å². The van der Waals surface area contributed by atoms with Gasteiger partial charge in [0, 0.05) is 11.8 Å². The van der Waals surface area contributed by atoms with E-state index in [0.717, 1.165) is 19.3 Å². The summed E-state index contributed by atoms with van der Waals surface area (Å²) in [6.45, 7) is 0.701. The Kier molecular flexibility index (Phi) is 4.92. The van der Waals surface area contributed by atoms with Crippen LogP contribution in [0, 0.1) is 11.8 Å². The van der Waals surface area contributed by atoms with Gasteiger partial charge in [0.15, 0.2) is 0 Å². The van der Waals surface area contributed by atoms with E-state index >= 15 is 0 Å². The molecule has 1 aliphatic carbocycles. The van der Waals surface area contributed by atoms with E-state index in [4.69, 9.17) is 5.11 Å². The van der Waals surface area contributed by atoms with Crippen LogP contribution in [0.15, 0.2) is 0 Å². The van der Waals surface area contributed by atoms with Gasteiger partial charge in [-0.15, -0.1) is 0 Å². The van der Waals surface area contributed by atoms with Crippen LogP contribution in [0.25, 0.3) is 0 Å². The molecule has 4 nitrogen and oxygen atoms in total. The van der Waals surface area contributed by atoms with Crippen LogP contribution in [0.3, 0.4) is 0 Å². The second kappa shape index (κ2) is 6.45. The fourth-order valence-electron chi connectivity index (χ4n) is 2.88. The quantitative estimate of drug-likeness (QED) is 0.819. The monoisotopic (exact) mass is 271 g/mol. The fourth-order valence-corrected chi connectivity index (χ4v) is 4.12.